The SMILES string of the molecule is CNC(=O)C(NC(=O)CC1CCCc2cc(OC)ccc21)c1ccc(F)c(F)c1. The van der Waals surface area contributed by atoms with E-state index in [2.05, 4.69) is 10.6 Å². The molecule has 0 bridgehead atoms. The highest BCUT2D eigenvalue weighted by molar-refractivity contribution is 5.88. The van der Waals surface area contributed by atoms with Crippen molar-refractivity contribution in [3.63, 3.8) is 0 Å². The van der Waals surface area contributed by atoms with Gasteiger partial charge in [-0.1, -0.05) is 12.1 Å². The lowest BCUT2D eigenvalue weighted by atomic mass is 9.81. The Labute approximate surface area is 168 Å². The van der Waals surface area contributed by atoms with E-state index in [-0.39, 0.29) is 23.8 Å². The van der Waals surface area contributed by atoms with E-state index in [1.807, 2.05) is 18.2 Å². The number of carbonyl (C=O) groups excluding carboxylic acids is 2. The molecule has 154 valence electrons. The Bertz CT molecular complexity index is 917. The Morgan fingerprint density at radius 2 is 1.97 bits per heavy atom. The molecule has 29 heavy (non-hydrogen) atoms. The zero-order valence-corrected chi connectivity index (χ0v) is 16.4. The van der Waals surface area contributed by atoms with Crippen molar-refractivity contribution in [2.75, 3.05) is 14.2 Å². The number of nitrogens with one attached hydrogen (secondary N) is 2. The van der Waals surface area contributed by atoms with E-state index in [9.17, 15) is 18.4 Å². The van der Waals surface area contributed by atoms with E-state index in [1.165, 1.54) is 13.1 Å². The second-order valence-electron chi connectivity index (χ2n) is 7.15. The lowest BCUT2D eigenvalue weighted by Crippen LogP contribution is -2.39. The third-order valence-corrected chi connectivity index (χ3v) is 5.31. The van der Waals surface area contributed by atoms with Gasteiger partial charge in [-0.2, -0.15) is 0 Å². The number of hydrogen-bond donors (Lipinski definition) is 2. The third-order valence-electron chi connectivity index (χ3n) is 5.31. The number of amides is 2. The van der Waals surface area contributed by atoms with E-state index >= 15 is 0 Å². The number of hydrogen-bond acceptors (Lipinski definition) is 3. The quantitative estimate of drug-likeness (QED) is 0.778. The number of rotatable bonds is 6. The van der Waals surface area contributed by atoms with Crippen LogP contribution in [0.4, 0.5) is 8.78 Å². The van der Waals surface area contributed by atoms with Gasteiger partial charge in [-0.3, -0.25) is 9.59 Å². The first-order valence-corrected chi connectivity index (χ1v) is 9.55. The van der Waals surface area contributed by atoms with Crippen molar-refractivity contribution in [2.24, 2.45) is 0 Å². The second kappa shape index (κ2) is 9.03. The molecule has 1 aliphatic rings. The van der Waals surface area contributed by atoms with Gasteiger partial charge < -0.3 is 15.4 Å². The molecule has 2 atom stereocenters. The van der Waals surface area contributed by atoms with Crippen molar-refractivity contribution in [1.82, 2.24) is 10.6 Å². The number of benzene rings is 2. The van der Waals surface area contributed by atoms with Gasteiger partial charge in [0.05, 0.1) is 7.11 Å². The minimum absolute atomic E-state index is 0.0277. The third kappa shape index (κ3) is 4.72. The van der Waals surface area contributed by atoms with Crippen LogP contribution >= 0.6 is 0 Å². The van der Waals surface area contributed by atoms with E-state index < -0.39 is 23.6 Å². The molecule has 0 aromatic heterocycles. The van der Waals surface area contributed by atoms with E-state index in [1.54, 1.807) is 7.11 Å². The molecule has 0 heterocycles. The monoisotopic (exact) mass is 402 g/mol. The predicted molar refractivity (Wildman–Crippen MR) is 105 cm³/mol. The molecule has 3 rings (SSSR count). The summed E-state index contributed by atoms with van der Waals surface area (Å²) >= 11 is 0. The van der Waals surface area contributed by atoms with Crippen molar-refractivity contribution in [3.8, 4) is 5.75 Å². The maximum atomic E-state index is 13.6. The minimum Gasteiger partial charge on any atom is -0.497 e. The Balaban J connectivity index is 1.76. The van der Waals surface area contributed by atoms with Gasteiger partial charge in [0.25, 0.3) is 0 Å². The number of methoxy groups -OCH3 is 1. The van der Waals surface area contributed by atoms with Gasteiger partial charge in [0, 0.05) is 13.5 Å². The van der Waals surface area contributed by atoms with E-state index in [4.69, 9.17) is 4.74 Å². The summed E-state index contributed by atoms with van der Waals surface area (Å²) in [5.74, 6) is -2.09. The van der Waals surface area contributed by atoms with Crippen LogP contribution in [0.3, 0.4) is 0 Å². The molecule has 2 aromatic rings. The van der Waals surface area contributed by atoms with Crippen molar-refractivity contribution < 1.29 is 23.1 Å². The summed E-state index contributed by atoms with van der Waals surface area (Å²) in [7, 11) is 3.04. The Kier molecular flexibility index (Phi) is 6.46. The maximum Gasteiger partial charge on any atom is 0.246 e. The number of likely N-dealkylation sites (N-methyl/N-ethyl adjacent to an activating group) is 1. The molecule has 0 spiro atoms. The molecule has 2 unspecified atom stereocenters. The van der Waals surface area contributed by atoms with Crippen LogP contribution in [-0.4, -0.2) is 26.0 Å². The maximum absolute atomic E-state index is 13.6. The molecule has 0 fully saturated rings. The molecule has 0 saturated carbocycles. The minimum atomic E-state index is -1.10. The number of fused-ring (bicyclic) bond motifs is 1. The van der Waals surface area contributed by atoms with Crippen LogP contribution in [-0.2, 0) is 16.0 Å². The molecule has 0 saturated heterocycles. The van der Waals surface area contributed by atoms with Gasteiger partial charge >= 0.3 is 0 Å². The zero-order valence-electron chi connectivity index (χ0n) is 16.4. The Morgan fingerprint density at radius 1 is 1.17 bits per heavy atom. The van der Waals surface area contributed by atoms with Crippen LogP contribution < -0.4 is 15.4 Å². The number of ether oxygens (including phenoxy) is 1. The summed E-state index contributed by atoms with van der Waals surface area (Å²) in [6, 6.07) is 7.92. The van der Waals surface area contributed by atoms with Crippen LogP contribution in [0, 0.1) is 11.6 Å². The topological polar surface area (TPSA) is 67.4 Å². The zero-order chi connectivity index (χ0) is 21.0. The van der Waals surface area contributed by atoms with Gasteiger partial charge in [-0.15, -0.1) is 0 Å². The highest BCUT2D eigenvalue weighted by Crippen LogP contribution is 2.36. The van der Waals surface area contributed by atoms with Gasteiger partial charge in [0.2, 0.25) is 11.8 Å². The molecule has 2 aromatic carbocycles. The van der Waals surface area contributed by atoms with Gasteiger partial charge in [0.15, 0.2) is 11.6 Å². The first-order valence-electron chi connectivity index (χ1n) is 9.55. The van der Waals surface area contributed by atoms with Crippen molar-refractivity contribution in [3.05, 3.63) is 64.7 Å². The first kappa shape index (κ1) is 20.8. The van der Waals surface area contributed by atoms with Crippen LogP contribution in [0.15, 0.2) is 36.4 Å². The summed E-state index contributed by atoms with van der Waals surface area (Å²) in [4.78, 5) is 25.0. The number of halogens is 2. The average molecular weight is 402 g/mol. The molecule has 7 heteroatoms. The van der Waals surface area contributed by atoms with Crippen molar-refractivity contribution in [1.29, 1.82) is 0 Å². The van der Waals surface area contributed by atoms with E-state index in [0.29, 0.717) is 0 Å². The second-order valence-corrected chi connectivity index (χ2v) is 7.15. The van der Waals surface area contributed by atoms with Gasteiger partial charge in [0.1, 0.15) is 11.8 Å². The summed E-state index contributed by atoms with van der Waals surface area (Å²) in [5.41, 5.74) is 2.46. The molecule has 5 nitrogen and oxygen atoms in total. The molecule has 0 aliphatic heterocycles. The molecular weight excluding hydrogens is 378 g/mol. The average Bonchev–Trinajstić information content (AvgIpc) is 2.73. The molecule has 1 aliphatic carbocycles. The molecule has 2 N–H and O–H groups in total. The fourth-order valence-corrected chi connectivity index (χ4v) is 3.81. The summed E-state index contributed by atoms with van der Waals surface area (Å²) < 4.78 is 32.1. The smallest absolute Gasteiger partial charge is 0.246 e. The van der Waals surface area contributed by atoms with Crippen LogP contribution in [0.25, 0.3) is 0 Å². The predicted octanol–water partition coefficient (Wildman–Crippen LogP) is 3.39. The van der Waals surface area contributed by atoms with Crippen molar-refractivity contribution in [2.45, 2.75) is 37.6 Å². The summed E-state index contributed by atoms with van der Waals surface area (Å²) in [6.07, 6.45) is 2.96. The highest BCUT2D eigenvalue weighted by atomic mass is 19.2. The lowest BCUT2D eigenvalue weighted by molar-refractivity contribution is -0.129. The van der Waals surface area contributed by atoms with E-state index in [0.717, 1.165) is 48.3 Å². The van der Waals surface area contributed by atoms with Crippen LogP contribution in [0.1, 0.15) is 47.9 Å². The molecular formula is C22H24F2N2O3. The van der Waals surface area contributed by atoms with Crippen LogP contribution in [0.5, 0.6) is 5.75 Å². The number of aryl methyl sites for hydroxylation is 1. The van der Waals surface area contributed by atoms with Crippen molar-refractivity contribution >= 4 is 11.8 Å². The standard InChI is InChI=1S/C22H24F2N2O3/c1-25-22(28)21(15-6-9-18(23)19(24)11-15)26-20(27)12-14-5-3-4-13-10-16(29-2)7-8-17(13)14/h6-11,14,21H,3-5,12H2,1-2H3,(H,25,28)(H,26,27). The number of carbonyl (C=O) groups is 2. The molecule has 0 radical (unpaired) electrons. The summed E-state index contributed by atoms with van der Waals surface area (Å²) in [5, 5.41) is 5.12. The van der Waals surface area contributed by atoms with Gasteiger partial charge in [-0.25, -0.2) is 8.78 Å². The fourth-order valence-electron chi connectivity index (χ4n) is 3.81. The highest BCUT2D eigenvalue weighted by Gasteiger charge is 2.27. The molecule has 2 amide bonds. The van der Waals surface area contributed by atoms with Crippen LogP contribution in [0.2, 0.25) is 0 Å². The Morgan fingerprint density at radius 3 is 2.66 bits per heavy atom. The first-order chi connectivity index (χ1) is 13.9. The Hall–Kier alpha value is -2.96. The summed E-state index contributed by atoms with van der Waals surface area (Å²) in [6.45, 7) is 0. The normalized spacial score (nSPS) is 16.5. The lowest BCUT2D eigenvalue weighted by Gasteiger charge is -2.26. The fraction of sp³-hybridized carbons (Fsp3) is 0.364. The van der Waals surface area contributed by atoms with Gasteiger partial charge in [-0.05, 0) is 66.1 Å². The largest absolute Gasteiger partial charge is 0.497 e.